The van der Waals surface area contributed by atoms with Crippen molar-refractivity contribution in [1.29, 1.82) is 0 Å². The highest BCUT2D eigenvalue weighted by molar-refractivity contribution is 7.80. The van der Waals surface area contributed by atoms with Gasteiger partial charge in [0.15, 0.2) is 5.11 Å². The van der Waals surface area contributed by atoms with Crippen LogP contribution in [0.4, 0.5) is 0 Å². The fraction of sp³-hybridized carbons (Fsp3) is 0.360. The Balaban J connectivity index is 1.40. The van der Waals surface area contributed by atoms with Crippen molar-refractivity contribution in [1.82, 2.24) is 20.1 Å². The van der Waals surface area contributed by atoms with Gasteiger partial charge in [-0.2, -0.15) is 0 Å². The maximum Gasteiger partial charge on any atom is 0.170 e. The summed E-state index contributed by atoms with van der Waals surface area (Å²) in [5.41, 5.74) is 1.81. The third-order valence-corrected chi connectivity index (χ3v) is 7.39. The third kappa shape index (κ3) is 5.09. The molecule has 1 aromatic carbocycles. The topological polar surface area (TPSA) is 53.8 Å². The van der Waals surface area contributed by atoms with Crippen molar-refractivity contribution in [3.05, 3.63) is 76.2 Å². The monoisotopic (exact) mass is 516 g/mol. The number of nitrogens with zero attached hydrogens (tertiary/aromatic N) is 3. The molecule has 0 amide bonds. The van der Waals surface area contributed by atoms with E-state index in [1.54, 1.807) is 6.07 Å². The van der Waals surface area contributed by atoms with Crippen LogP contribution in [0.3, 0.4) is 0 Å². The van der Waals surface area contributed by atoms with Crippen molar-refractivity contribution in [2.75, 3.05) is 39.4 Å². The molecule has 6 nitrogen and oxygen atoms in total. The lowest BCUT2D eigenvalue weighted by atomic mass is 10.0. The molecule has 2 aliphatic heterocycles. The highest BCUT2D eigenvalue weighted by atomic mass is 35.5. The number of aromatic nitrogens is 1. The molecular weight excluding hydrogens is 491 g/mol. The average Bonchev–Trinajstić information content (AvgIpc) is 3.47. The van der Waals surface area contributed by atoms with Gasteiger partial charge in [-0.25, -0.2) is 0 Å². The van der Waals surface area contributed by atoms with E-state index >= 15 is 0 Å². The molecule has 0 radical (unpaired) electrons. The van der Waals surface area contributed by atoms with Crippen molar-refractivity contribution in [3.63, 3.8) is 0 Å². The van der Waals surface area contributed by atoms with E-state index in [1.165, 1.54) is 0 Å². The van der Waals surface area contributed by atoms with Gasteiger partial charge in [0.1, 0.15) is 17.6 Å². The Bertz CT molecular complexity index is 1140. The quantitative estimate of drug-likeness (QED) is 0.425. The first kappa shape index (κ1) is 23.6. The van der Waals surface area contributed by atoms with Crippen LogP contribution in [0, 0.1) is 0 Å². The summed E-state index contributed by atoms with van der Waals surface area (Å²) in [5, 5.41) is 5.22. The Morgan fingerprint density at radius 3 is 2.65 bits per heavy atom. The fourth-order valence-corrected chi connectivity index (χ4v) is 5.19. The number of ether oxygens (including phenoxy) is 1. The third-order valence-electron chi connectivity index (χ3n) is 6.30. The minimum atomic E-state index is -0.108. The Labute approximate surface area is 214 Å². The lowest BCUT2D eigenvalue weighted by molar-refractivity contribution is 0.0365. The number of morpholine rings is 1. The first-order valence-electron chi connectivity index (χ1n) is 11.4. The summed E-state index contributed by atoms with van der Waals surface area (Å²) in [6.07, 6.45) is 2.80. The van der Waals surface area contributed by atoms with E-state index in [9.17, 15) is 0 Å². The SMILES string of the molecule is S=C1N[C@H](c2ccccn2)[C@H](c2ccc(-c3ccc(Cl)c(Cl)c3)o2)N1CCCN1CCOCC1. The van der Waals surface area contributed by atoms with E-state index in [-0.39, 0.29) is 12.1 Å². The average molecular weight is 517 g/mol. The summed E-state index contributed by atoms with van der Waals surface area (Å²) < 4.78 is 11.8. The van der Waals surface area contributed by atoms with Crippen molar-refractivity contribution >= 4 is 40.5 Å². The minimum absolute atomic E-state index is 0.107. The molecular formula is C25H26Cl2N4O2S. The molecule has 2 aromatic heterocycles. The molecule has 4 heterocycles. The number of benzene rings is 1. The Morgan fingerprint density at radius 1 is 1.03 bits per heavy atom. The van der Waals surface area contributed by atoms with Crippen LogP contribution in [0.15, 0.2) is 59.1 Å². The number of hydrogen-bond acceptors (Lipinski definition) is 5. The predicted octanol–water partition coefficient (Wildman–Crippen LogP) is 5.34. The van der Waals surface area contributed by atoms with Gasteiger partial charge in [0.05, 0.1) is 35.0 Å². The summed E-state index contributed by atoms with van der Waals surface area (Å²) in [4.78, 5) is 9.27. The van der Waals surface area contributed by atoms with Gasteiger partial charge in [-0.3, -0.25) is 9.88 Å². The highest BCUT2D eigenvalue weighted by Crippen LogP contribution is 2.41. The smallest absolute Gasteiger partial charge is 0.170 e. The van der Waals surface area contributed by atoms with E-state index in [4.69, 9.17) is 44.6 Å². The first-order valence-corrected chi connectivity index (χ1v) is 12.6. The van der Waals surface area contributed by atoms with Gasteiger partial charge in [-0.05, 0) is 61.1 Å². The molecule has 0 saturated carbocycles. The molecule has 1 N–H and O–H groups in total. The van der Waals surface area contributed by atoms with Crippen LogP contribution in [-0.4, -0.2) is 59.3 Å². The zero-order chi connectivity index (χ0) is 23.5. The van der Waals surface area contributed by atoms with E-state index in [1.807, 2.05) is 48.7 Å². The number of rotatable bonds is 7. The summed E-state index contributed by atoms with van der Waals surface area (Å²) in [6, 6.07) is 15.2. The molecule has 2 atom stereocenters. The summed E-state index contributed by atoms with van der Waals surface area (Å²) in [6.45, 7) is 5.40. The number of thiocarbonyl (C=S) groups is 1. The number of hydrogen-bond donors (Lipinski definition) is 1. The van der Waals surface area contributed by atoms with Crippen LogP contribution in [0.5, 0.6) is 0 Å². The summed E-state index contributed by atoms with van der Waals surface area (Å²) >= 11 is 18.1. The van der Waals surface area contributed by atoms with Gasteiger partial charge in [-0.15, -0.1) is 0 Å². The highest BCUT2D eigenvalue weighted by Gasteiger charge is 2.41. The molecule has 3 aromatic rings. The first-order chi connectivity index (χ1) is 16.6. The van der Waals surface area contributed by atoms with Crippen LogP contribution in [0.1, 0.15) is 30.0 Å². The molecule has 0 unspecified atom stereocenters. The van der Waals surface area contributed by atoms with Gasteiger partial charge < -0.3 is 19.4 Å². The van der Waals surface area contributed by atoms with Crippen molar-refractivity contribution in [3.8, 4) is 11.3 Å². The normalized spacial score (nSPS) is 21.1. The van der Waals surface area contributed by atoms with E-state index < -0.39 is 0 Å². The number of halogens is 2. The zero-order valence-electron chi connectivity index (χ0n) is 18.6. The second-order valence-corrected chi connectivity index (χ2v) is 9.66. The van der Waals surface area contributed by atoms with Crippen LogP contribution in [0.2, 0.25) is 10.0 Å². The zero-order valence-corrected chi connectivity index (χ0v) is 21.0. The van der Waals surface area contributed by atoms with Crippen LogP contribution in [-0.2, 0) is 4.74 Å². The Morgan fingerprint density at radius 2 is 1.88 bits per heavy atom. The Kier molecular flexibility index (Phi) is 7.37. The van der Waals surface area contributed by atoms with Crippen LogP contribution in [0.25, 0.3) is 11.3 Å². The lowest BCUT2D eigenvalue weighted by Gasteiger charge is -2.29. The Hall–Kier alpha value is -2.16. The summed E-state index contributed by atoms with van der Waals surface area (Å²) in [7, 11) is 0. The maximum absolute atomic E-state index is 6.38. The molecule has 0 aliphatic carbocycles. The van der Waals surface area contributed by atoms with Gasteiger partial charge >= 0.3 is 0 Å². The molecule has 178 valence electrons. The largest absolute Gasteiger partial charge is 0.459 e. The predicted molar refractivity (Wildman–Crippen MR) is 138 cm³/mol. The molecule has 2 saturated heterocycles. The van der Waals surface area contributed by atoms with Gasteiger partial charge in [0.2, 0.25) is 0 Å². The fourth-order valence-electron chi connectivity index (χ4n) is 4.56. The molecule has 0 spiro atoms. The maximum atomic E-state index is 6.38. The molecule has 34 heavy (non-hydrogen) atoms. The van der Waals surface area contributed by atoms with E-state index in [2.05, 4.69) is 20.1 Å². The minimum Gasteiger partial charge on any atom is -0.459 e. The number of pyridine rings is 1. The van der Waals surface area contributed by atoms with Gasteiger partial charge in [-0.1, -0.05) is 29.3 Å². The van der Waals surface area contributed by atoms with E-state index in [0.29, 0.717) is 10.0 Å². The second-order valence-electron chi connectivity index (χ2n) is 8.46. The van der Waals surface area contributed by atoms with Crippen LogP contribution < -0.4 is 5.32 Å². The van der Waals surface area contributed by atoms with Crippen LogP contribution >= 0.6 is 35.4 Å². The molecule has 2 fully saturated rings. The number of furan rings is 1. The van der Waals surface area contributed by atoms with E-state index in [0.717, 1.165) is 73.7 Å². The summed E-state index contributed by atoms with van der Waals surface area (Å²) in [5.74, 6) is 1.56. The molecule has 9 heteroatoms. The van der Waals surface area contributed by atoms with Crippen molar-refractivity contribution in [2.45, 2.75) is 18.5 Å². The van der Waals surface area contributed by atoms with Gasteiger partial charge in [0.25, 0.3) is 0 Å². The number of nitrogens with one attached hydrogen (secondary N) is 1. The van der Waals surface area contributed by atoms with Crippen molar-refractivity contribution in [2.24, 2.45) is 0 Å². The molecule has 0 bridgehead atoms. The molecule has 2 aliphatic rings. The second kappa shape index (κ2) is 10.6. The lowest BCUT2D eigenvalue weighted by Crippen LogP contribution is -2.38. The van der Waals surface area contributed by atoms with Crippen molar-refractivity contribution < 1.29 is 9.15 Å². The standard InChI is InChI=1S/C25H26Cl2N4O2S/c26-18-6-5-17(16-19(18)27)21-7-8-22(33-21)24-23(20-4-1-2-9-28-20)29-25(34)31(24)11-3-10-30-12-14-32-15-13-30/h1-2,4-9,16,23-24H,3,10-15H2,(H,29,34)/t23-,24+/m1/s1. The molecule has 5 rings (SSSR count). The van der Waals surface area contributed by atoms with Gasteiger partial charge in [0, 0.05) is 37.9 Å².